The van der Waals surface area contributed by atoms with E-state index in [1.54, 1.807) is 0 Å². The lowest BCUT2D eigenvalue weighted by Gasteiger charge is -2.07. The number of nitrogens with one attached hydrogen (secondary N) is 1. The molecule has 0 amide bonds. The van der Waals surface area contributed by atoms with Gasteiger partial charge in [-0.15, -0.1) is 0 Å². The van der Waals surface area contributed by atoms with Crippen molar-refractivity contribution in [1.82, 2.24) is 0 Å². The van der Waals surface area contributed by atoms with Crippen molar-refractivity contribution in [2.24, 2.45) is 11.5 Å². The zero-order valence-electron chi connectivity index (χ0n) is 9.52. The number of hydrogen-bond donors (Lipinski definition) is 4. The first kappa shape index (κ1) is 13.2. The van der Waals surface area contributed by atoms with Gasteiger partial charge < -0.3 is 16.6 Å². The predicted octanol–water partition coefficient (Wildman–Crippen LogP) is 0.510. The molecule has 1 aromatic rings. The molecular formula is C12H17N3O2. The van der Waals surface area contributed by atoms with Crippen molar-refractivity contribution in [1.29, 1.82) is 5.41 Å². The lowest BCUT2D eigenvalue weighted by atomic mass is 10.0. The van der Waals surface area contributed by atoms with Crippen molar-refractivity contribution < 1.29 is 9.90 Å². The Morgan fingerprint density at radius 3 is 2.29 bits per heavy atom. The van der Waals surface area contributed by atoms with E-state index in [2.05, 4.69) is 0 Å². The molecule has 0 fully saturated rings. The summed E-state index contributed by atoms with van der Waals surface area (Å²) in [6.45, 7) is 0. The molecule has 0 spiro atoms. The molecule has 1 rings (SSSR count). The van der Waals surface area contributed by atoms with Crippen LogP contribution in [0.15, 0.2) is 24.3 Å². The van der Waals surface area contributed by atoms with Gasteiger partial charge in [-0.05, 0) is 24.0 Å². The SMILES string of the molecule is N=C(N)CCc1ccc(C[C@H](N)C(=O)O)cc1. The molecule has 0 radical (unpaired) electrons. The van der Waals surface area contributed by atoms with E-state index in [1.165, 1.54) is 0 Å². The Hall–Kier alpha value is -1.88. The molecule has 0 heterocycles. The van der Waals surface area contributed by atoms with Crippen molar-refractivity contribution >= 4 is 11.8 Å². The average Bonchev–Trinajstić information content (AvgIpc) is 2.28. The quantitative estimate of drug-likeness (QED) is 0.425. The molecule has 6 N–H and O–H groups in total. The van der Waals surface area contributed by atoms with Crippen LogP contribution in [0.25, 0.3) is 0 Å². The van der Waals surface area contributed by atoms with Gasteiger partial charge in [0.15, 0.2) is 0 Å². The van der Waals surface area contributed by atoms with Gasteiger partial charge in [0, 0.05) is 6.42 Å². The highest BCUT2D eigenvalue weighted by Crippen LogP contribution is 2.08. The second kappa shape index (κ2) is 6.00. The Balaban J connectivity index is 2.55. The first-order chi connectivity index (χ1) is 7.99. The average molecular weight is 235 g/mol. The minimum Gasteiger partial charge on any atom is -0.480 e. The summed E-state index contributed by atoms with van der Waals surface area (Å²) in [4.78, 5) is 10.6. The molecule has 1 aromatic carbocycles. The van der Waals surface area contributed by atoms with Crippen LogP contribution in [0.3, 0.4) is 0 Å². The molecule has 1 atom stereocenters. The summed E-state index contributed by atoms with van der Waals surface area (Å²) in [5.41, 5.74) is 12.7. The number of carbonyl (C=O) groups is 1. The number of amidine groups is 1. The molecule has 0 aliphatic heterocycles. The van der Waals surface area contributed by atoms with E-state index in [9.17, 15) is 4.79 Å². The summed E-state index contributed by atoms with van der Waals surface area (Å²) < 4.78 is 0. The zero-order chi connectivity index (χ0) is 12.8. The molecule has 92 valence electrons. The molecule has 0 aromatic heterocycles. The number of hydrogen-bond acceptors (Lipinski definition) is 3. The van der Waals surface area contributed by atoms with Crippen molar-refractivity contribution in [2.75, 3.05) is 0 Å². The van der Waals surface area contributed by atoms with Crippen LogP contribution in [0.1, 0.15) is 17.5 Å². The van der Waals surface area contributed by atoms with Gasteiger partial charge in [-0.3, -0.25) is 10.2 Å². The van der Waals surface area contributed by atoms with E-state index in [4.69, 9.17) is 22.0 Å². The van der Waals surface area contributed by atoms with Gasteiger partial charge in [0.05, 0.1) is 5.84 Å². The highest BCUT2D eigenvalue weighted by Gasteiger charge is 2.11. The van der Waals surface area contributed by atoms with Crippen LogP contribution < -0.4 is 11.5 Å². The summed E-state index contributed by atoms with van der Waals surface area (Å²) in [5, 5.41) is 15.8. The van der Waals surface area contributed by atoms with Gasteiger partial charge in [0.1, 0.15) is 6.04 Å². The van der Waals surface area contributed by atoms with Gasteiger partial charge in [0.2, 0.25) is 0 Å². The van der Waals surface area contributed by atoms with E-state index in [0.717, 1.165) is 17.5 Å². The minimum absolute atomic E-state index is 0.168. The van der Waals surface area contributed by atoms with Crippen molar-refractivity contribution in [3.05, 3.63) is 35.4 Å². The van der Waals surface area contributed by atoms with Gasteiger partial charge in [-0.2, -0.15) is 0 Å². The summed E-state index contributed by atoms with van der Waals surface area (Å²) in [6, 6.07) is 6.68. The molecular weight excluding hydrogens is 218 g/mol. The van der Waals surface area contributed by atoms with Crippen LogP contribution in [0, 0.1) is 5.41 Å². The molecule has 0 bridgehead atoms. The number of rotatable bonds is 6. The van der Waals surface area contributed by atoms with Gasteiger partial charge in [0.25, 0.3) is 0 Å². The van der Waals surface area contributed by atoms with Gasteiger partial charge in [-0.1, -0.05) is 24.3 Å². The largest absolute Gasteiger partial charge is 0.480 e. The highest BCUT2D eigenvalue weighted by molar-refractivity contribution is 5.77. The third kappa shape index (κ3) is 4.65. The molecule has 5 nitrogen and oxygen atoms in total. The molecule has 0 unspecified atom stereocenters. The normalized spacial score (nSPS) is 12.1. The fourth-order valence-electron chi connectivity index (χ4n) is 1.46. The standard InChI is InChI=1S/C12H17N3O2/c13-10(12(16)17)7-9-3-1-8(2-4-9)5-6-11(14)15/h1-4,10H,5-7,13H2,(H3,14,15)(H,16,17)/t10-/m0/s1. The number of carboxylic acids is 1. The maximum Gasteiger partial charge on any atom is 0.320 e. The van der Waals surface area contributed by atoms with E-state index >= 15 is 0 Å². The first-order valence-corrected chi connectivity index (χ1v) is 5.38. The van der Waals surface area contributed by atoms with Crippen LogP contribution in [0.4, 0.5) is 0 Å². The fourth-order valence-corrected chi connectivity index (χ4v) is 1.46. The second-order valence-electron chi connectivity index (χ2n) is 3.99. The van der Waals surface area contributed by atoms with Crippen molar-refractivity contribution in [2.45, 2.75) is 25.3 Å². The smallest absolute Gasteiger partial charge is 0.320 e. The van der Waals surface area contributed by atoms with Gasteiger partial charge in [-0.25, -0.2) is 0 Å². The number of aryl methyl sites for hydroxylation is 1. The summed E-state index contributed by atoms with van der Waals surface area (Å²) in [6.07, 6.45) is 1.58. The van der Waals surface area contributed by atoms with Crippen molar-refractivity contribution in [3.8, 4) is 0 Å². The predicted molar refractivity (Wildman–Crippen MR) is 66.0 cm³/mol. The van der Waals surface area contributed by atoms with Crippen molar-refractivity contribution in [3.63, 3.8) is 0 Å². The Labute approximate surface area is 99.9 Å². The number of carboxylic acid groups (broad SMARTS) is 1. The monoisotopic (exact) mass is 235 g/mol. The summed E-state index contributed by atoms with van der Waals surface area (Å²) >= 11 is 0. The Kier molecular flexibility index (Phi) is 4.66. The lowest BCUT2D eigenvalue weighted by Crippen LogP contribution is -2.32. The maximum atomic E-state index is 10.6. The lowest BCUT2D eigenvalue weighted by molar-refractivity contribution is -0.138. The van der Waals surface area contributed by atoms with E-state index in [0.29, 0.717) is 12.8 Å². The van der Waals surface area contributed by atoms with Crippen LogP contribution in [-0.4, -0.2) is 23.0 Å². The van der Waals surface area contributed by atoms with Crippen LogP contribution in [0.5, 0.6) is 0 Å². The zero-order valence-corrected chi connectivity index (χ0v) is 9.52. The fraction of sp³-hybridized carbons (Fsp3) is 0.333. The molecule has 0 aliphatic rings. The topological polar surface area (TPSA) is 113 Å². The van der Waals surface area contributed by atoms with E-state index < -0.39 is 12.0 Å². The summed E-state index contributed by atoms with van der Waals surface area (Å²) in [5.74, 6) is -0.826. The summed E-state index contributed by atoms with van der Waals surface area (Å²) in [7, 11) is 0. The van der Waals surface area contributed by atoms with Crippen LogP contribution in [0.2, 0.25) is 0 Å². The Morgan fingerprint density at radius 1 is 1.29 bits per heavy atom. The Morgan fingerprint density at radius 2 is 1.82 bits per heavy atom. The Bertz CT molecular complexity index is 401. The molecule has 0 saturated carbocycles. The van der Waals surface area contributed by atoms with Gasteiger partial charge >= 0.3 is 5.97 Å². The van der Waals surface area contributed by atoms with Crippen LogP contribution in [-0.2, 0) is 17.6 Å². The molecule has 0 aliphatic carbocycles. The third-order valence-electron chi connectivity index (χ3n) is 2.48. The third-order valence-corrected chi connectivity index (χ3v) is 2.48. The second-order valence-corrected chi connectivity index (χ2v) is 3.99. The number of aliphatic carboxylic acids is 1. The molecule has 0 saturated heterocycles. The van der Waals surface area contributed by atoms with Crippen LogP contribution >= 0.6 is 0 Å². The maximum absolute atomic E-state index is 10.6. The van der Waals surface area contributed by atoms with E-state index in [1.807, 2.05) is 24.3 Å². The number of nitrogens with two attached hydrogens (primary N) is 2. The minimum atomic E-state index is -0.995. The highest BCUT2D eigenvalue weighted by atomic mass is 16.4. The molecule has 17 heavy (non-hydrogen) atoms. The van der Waals surface area contributed by atoms with E-state index in [-0.39, 0.29) is 5.84 Å². The molecule has 5 heteroatoms. The first-order valence-electron chi connectivity index (χ1n) is 5.38. The number of benzene rings is 1.